The first-order valence-corrected chi connectivity index (χ1v) is 9.37. The Bertz CT molecular complexity index is 738. The predicted molar refractivity (Wildman–Crippen MR) is 83.4 cm³/mol. The van der Waals surface area contributed by atoms with Gasteiger partial charge in [0.1, 0.15) is 5.84 Å². The average Bonchev–Trinajstić information content (AvgIpc) is 2.68. The Morgan fingerprint density at radius 1 is 1.36 bits per heavy atom. The van der Waals surface area contributed by atoms with Gasteiger partial charge in [0.15, 0.2) is 0 Å². The molecule has 6 heteroatoms. The molecule has 1 aromatic rings. The number of benzene rings is 1. The zero-order chi connectivity index (χ0) is 15.4. The highest BCUT2D eigenvalue weighted by Crippen LogP contribution is 2.58. The van der Waals surface area contributed by atoms with Gasteiger partial charge in [0.25, 0.3) is 10.0 Å². The van der Waals surface area contributed by atoms with Crippen LogP contribution in [0.25, 0.3) is 0 Å². The van der Waals surface area contributed by atoms with Crippen LogP contribution in [-0.4, -0.2) is 33.0 Å². The molecule has 0 saturated heterocycles. The first-order chi connectivity index (χ1) is 10.6. The minimum atomic E-state index is -3.45. The fourth-order valence-electron chi connectivity index (χ4n) is 3.97. The number of ether oxygens (including phenoxy) is 1. The number of nitrogens with zero attached hydrogens (tertiary/aromatic N) is 1. The van der Waals surface area contributed by atoms with Crippen molar-refractivity contribution >= 4 is 15.9 Å². The van der Waals surface area contributed by atoms with Crippen molar-refractivity contribution in [2.75, 3.05) is 6.61 Å². The third-order valence-corrected chi connectivity index (χ3v) is 6.74. The second-order valence-electron chi connectivity index (χ2n) is 6.36. The van der Waals surface area contributed by atoms with Crippen LogP contribution in [0.4, 0.5) is 0 Å². The molecular weight excluding hydrogens is 300 g/mol. The molecule has 1 aliphatic heterocycles. The molecule has 2 fully saturated rings. The average molecular weight is 320 g/mol. The highest BCUT2D eigenvalue weighted by Gasteiger charge is 2.59. The molecule has 0 radical (unpaired) electrons. The fraction of sp³-hybridized carbons (Fsp3) is 0.562. The van der Waals surface area contributed by atoms with Gasteiger partial charge < -0.3 is 4.74 Å². The van der Waals surface area contributed by atoms with Crippen molar-refractivity contribution in [3.05, 3.63) is 29.8 Å². The van der Waals surface area contributed by atoms with Crippen molar-refractivity contribution in [1.82, 2.24) is 4.72 Å². The molecule has 0 amide bonds. The van der Waals surface area contributed by atoms with Crippen LogP contribution in [-0.2, 0) is 14.8 Å². The predicted octanol–water partition coefficient (Wildman–Crippen LogP) is 2.07. The third-order valence-electron chi connectivity index (χ3n) is 5.34. The summed E-state index contributed by atoms with van der Waals surface area (Å²) in [5.41, 5.74) is 0.836. The normalized spacial score (nSPS) is 32.1. The largest absolute Gasteiger partial charge is 0.378 e. The Labute approximate surface area is 130 Å². The van der Waals surface area contributed by atoms with E-state index in [4.69, 9.17) is 9.73 Å². The molecule has 5 nitrogen and oxygen atoms in total. The molecule has 0 aromatic heterocycles. The van der Waals surface area contributed by atoms with E-state index >= 15 is 0 Å². The lowest BCUT2D eigenvalue weighted by atomic mass is 9.51. The zero-order valence-corrected chi connectivity index (χ0v) is 13.4. The summed E-state index contributed by atoms with van der Waals surface area (Å²) in [7, 11) is -3.45. The third kappa shape index (κ3) is 1.86. The van der Waals surface area contributed by atoms with Crippen molar-refractivity contribution in [1.29, 1.82) is 0 Å². The molecule has 2 aliphatic carbocycles. The van der Waals surface area contributed by atoms with Crippen LogP contribution in [0.3, 0.4) is 0 Å². The Morgan fingerprint density at radius 3 is 2.82 bits per heavy atom. The van der Waals surface area contributed by atoms with E-state index in [-0.39, 0.29) is 17.6 Å². The van der Waals surface area contributed by atoms with E-state index in [1.165, 1.54) is 6.42 Å². The van der Waals surface area contributed by atoms with Crippen LogP contribution in [0, 0.1) is 5.41 Å². The van der Waals surface area contributed by atoms with Gasteiger partial charge in [0.2, 0.25) is 0 Å². The number of sulfonamides is 1. The molecule has 2 atom stereocenters. The molecule has 1 aromatic carbocycles. The second-order valence-corrected chi connectivity index (χ2v) is 8.01. The lowest BCUT2D eigenvalue weighted by Gasteiger charge is -2.59. The molecule has 1 heterocycles. The van der Waals surface area contributed by atoms with E-state index in [1.54, 1.807) is 12.1 Å². The lowest BCUT2D eigenvalue weighted by molar-refractivity contribution is -0.162. The number of rotatable bonds is 3. The van der Waals surface area contributed by atoms with Crippen LogP contribution < -0.4 is 4.72 Å². The highest BCUT2D eigenvalue weighted by atomic mass is 32.2. The van der Waals surface area contributed by atoms with Gasteiger partial charge in [-0.2, -0.15) is 0 Å². The Hall–Kier alpha value is -1.40. The van der Waals surface area contributed by atoms with E-state index in [9.17, 15) is 8.42 Å². The summed E-state index contributed by atoms with van der Waals surface area (Å²) >= 11 is 0. The molecule has 0 unspecified atom stereocenters. The molecule has 1 N–H and O–H groups in total. The molecule has 2 saturated carbocycles. The van der Waals surface area contributed by atoms with Gasteiger partial charge in [0, 0.05) is 17.6 Å². The molecule has 118 valence electrons. The van der Waals surface area contributed by atoms with E-state index in [0.29, 0.717) is 16.3 Å². The summed E-state index contributed by atoms with van der Waals surface area (Å²) in [4.78, 5) is 5.10. The first kappa shape index (κ1) is 14.2. The molecule has 3 aliphatic rings. The molecule has 4 rings (SSSR count). The van der Waals surface area contributed by atoms with Crippen molar-refractivity contribution in [3.63, 3.8) is 0 Å². The van der Waals surface area contributed by atoms with Gasteiger partial charge in [-0.25, -0.2) is 8.42 Å². The van der Waals surface area contributed by atoms with Gasteiger partial charge in [-0.1, -0.05) is 18.6 Å². The van der Waals surface area contributed by atoms with Crippen LogP contribution in [0.15, 0.2) is 34.2 Å². The number of hydrogen-bond donors (Lipinski definition) is 1. The Morgan fingerprint density at radius 2 is 2.14 bits per heavy atom. The topological polar surface area (TPSA) is 67.8 Å². The van der Waals surface area contributed by atoms with Gasteiger partial charge in [0.05, 0.1) is 17.0 Å². The summed E-state index contributed by atoms with van der Waals surface area (Å²) in [6, 6.07) is 7.20. The SMILES string of the molecule is CCO[C@@H]1C[C@@H](N=C2NS(=O)(=O)c3ccccc32)C12CCC2. The summed E-state index contributed by atoms with van der Waals surface area (Å²) < 4.78 is 32.7. The highest BCUT2D eigenvalue weighted by molar-refractivity contribution is 7.90. The maximum absolute atomic E-state index is 12.1. The van der Waals surface area contributed by atoms with Gasteiger partial charge >= 0.3 is 0 Å². The van der Waals surface area contributed by atoms with Crippen LogP contribution >= 0.6 is 0 Å². The van der Waals surface area contributed by atoms with E-state index in [0.717, 1.165) is 25.9 Å². The van der Waals surface area contributed by atoms with Crippen molar-refractivity contribution in [3.8, 4) is 0 Å². The zero-order valence-electron chi connectivity index (χ0n) is 12.6. The first-order valence-electron chi connectivity index (χ1n) is 7.88. The summed E-state index contributed by atoms with van der Waals surface area (Å²) in [5.74, 6) is 0.502. The molecule has 0 bridgehead atoms. The van der Waals surface area contributed by atoms with Crippen LogP contribution in [0.1, 0.15) is 38.2 Å². The Balaban J connectivity index is 1.65. The van der Waals surface area contributed by atoms with E-state index in [2.05, 4.69) is 4.72 Å². The summed E-state index contributed by atoms with van der Waals surface area (Å²) in [6.07, 6.45) is 4.66. The standard InChI is InChI=1S/C16H20N2O3S/c1-2-21-14-10-13(16(14)8-5-9-16)17-15-11-6-3-4-7-12(11)22(19,20)18-15/h3-4,6-7,13-14H,2,5,8-10H2,1H3,(H,17,18)/t13-,14-/m1/s1. The minimum absolute atomic E-state index is 0.145. The maximum Gasteiger partial charge on any atom is 0.263 e. The summed E-state index contributed by atoms with van der Waals surface area (Å²) in [5, 5.41) is 0. The molecule has 22 heavy (non-hydrogen) atoms. The van der Waals surface area contributed by atoms with Crippen molar-refractivity contribution in [2.24, 2.45) is 10.4 Å². The number of aliphatic imine (C=N–C) groups is 1. The number of hydrogen-bond acceptors (Lipinski definition) is 4. The maximum atomic E-state index is 12.1. The quantitative estimate of drug-likeness (QED) is 0.927. The van der Waals surface area contributed by atoms with Gasteiger partial charge in [-0.05, 0) is 38.3 Å². The number of nitrogens with one attached hydrogen (secondary N) is 1. The van der Waals surface area contributed by atoms with E-state index in [1.807, 2.05) is 19.1 Å². The van der Waals surface area contributed by atoms with Gasteiger partial charge in [-0.15, -0.1) is 0 Å². The second kappa shape index (κ2) is 4.80. The number of amidine groups is 1. The molecular formula is C16H20N2O3S. The minimum Gasteiger partial charge on any atom is -0.378 e. The van der Waals surface area contributed by atoms with Gasteiger partial charge in [-0.3, -0.25) is 9.71 Å². The number of fused-ring (bicyclic) bond motifs is 1. The molecule has 1 spiro atoms. The summed E-state index contributed by atoms with van der Waals surface area (Å²) in [6.45, 7) is 2.75. The van der Waals surface area contributed by atoms with Crippen molar-refractivity contribution in [2.45, 2.75) is 49.6 Å². The fourth-order valence-corrected chi connectivity index (χ4v) is 5.21. The van der Waals surface area contributed by atoms with Crippen molar-refractivity contribution < 1.29 is 13.2 Å². The Kier molecular flexibility index (Phi) is 3.10. The lowest BCUT2D eigenvalue weighted by Crippen LogP contribution is -2.61. The van der Waals surface area contributed by atoms with Crippen LogP contribution in [0.5, 0.6) is 0 Å². The monoisotopic (exact) mass is 320 g/mol. The van der Waals surface area contributed by atoms with E-state index < -0.39 is 10.0 Å². The van der Waals surface area contributed by atoms with Crippen LogP contribution in [0.2, 0.25) is 0 Å². The smallest absolute Gasteiger partial charge is 0.263 e.